The molecular weight excluding hydrogens is 262 g/mol. The van der Waals surface area contributed by atoms with E-state index in [-0.39, 0.29) is 0 Å². The van der Waals surface area contributed by atoms with E-state index in [4.69, 9.17) is 0 Å². The van der Waals surface area contributed by atoms with Crippen molar-refractivity contribution < 1.29 is 5.11 Å². The monoisotopic (exact) mass is 285 g/mol. The second-order valence-corrected chi connectivity index (χ2v) is 6.17. The Balaban J connectivity index is 1.80. The maximum Gasteiger partial charge on any atom is 0.156 e. The lowest BCUT2D eigenvalue weighted by atomic mass is 9.94. The van der Waals surface area contributed by atoms with Gasteiger partial charge in [0.1, 0.15) is 0 Å². The predicted octanol–water partition coefficient (Wildman–Crippen LogP) is 3.44. The Bertz CT molecular complexity index is 618. The van der Waals surface area contributed by atoms with Crippen LogP contribution < -0.4 is 5.32 Å². The van der Waals surface area contributed by atoms with Gasteiger partial charge in [-0.3, -0.25) is 0 Å². The summed E-state index contributed by atoms with van der Waals surface area (Å²) in [6, 6.07) is 8.13. The highest BCUT2D eigenvalue weighted by Gasteiger charge is 2.28. The molecule has 0 radical (unpaired) electrons. The zero-order valence-corrected chi connectivity index (χ0v) is 12.6. The summed E-state index contributed by atoms with van der Waals surface area (Å²) >= 11 is 0. The molecule has 0 amide bonds. The van der Waals surface area contributed by atoms with Crippen LogP contribution in [0.5, 0.6) is 0 Å². The van der Waals surface area contributed by atoms with Gasteiger partial charge in [0.25, 0.3) is 0 Å². The molecule has 1 aromatic carbocycles. The molecule has 0 atom stereocenters. The Hall–Kier alpha value is -1.68. The third-order valence-corrected chi connectivity index (χ3v) is 4.49. The van der Waals surface area contributed by atoms with E-state index in [1.165, 1.54) is 12.8 Å². The second kappa shape index (κ2) is 5.98. The molecule has 1 aliphatic rings. The number of hydrogen-bond acceptors (Lipinski definition) is 4. The lowest BCUT2D eigenvalue weighted by Gasteiger charge is -2.27. The Kier molecular flexibility index (Phi) is 4.06. The molecule has 0 aliphatic heterocycles. The number of fused-ring (bicyclic) bond motifs is 1. The predicted molar refractivity (Wildman–Crippen MR) is 85.4 cm³/mol. The van der Waals surface area contributed by atoms with Crippen LogP contribution in [-0.2, 0) is 0 Å². The Morgan fingerprint density at radius 2 is 1.71 bits per heavy atom. The van der Waals surface area contributed by atoms with Gasteiger partial charge in [-0.2, -0.15) is 5.10 Å². The van der Waals surface area contributed by atoms with E-state index in [2.05, 4.69) is 27.6 Å². The number of hydrogen-bond donors (Lipinski definition) is 2. The van der Waals surface area contributed by atoms with Crippen molar-refractivity contribution in [1.29, 1.82) is 0 Å². The highest BCUT2D eigenvalue weighted by atomic mass is 16.3. The molecule has 0 spiro atoms. The zero-order chi connectivity index (χ0) is 14.7. The van der Waals surface area contributed by atoms with Gasteiger partial charge in [0.15, 0.2) is 5.82 Å². The maximum atomic E-state index is 10.7. The summed E-state index contributed by atoms with van der Waals surface area (Å²) in [7, 11) is 0. The van der Waals surface area contributed by atoms with Crippen LogP contribution in [0.25, 0.3) is 10.8 Å². The average molecular weight is 285 g/mol. The van der Waals surface area contributed by atoms with E-state index in [1.54, 1.807) is 0 Å². The van der Waals surface area contributed by atoms with Crippen LogP contribution in [-0.4, -0.2) is 27.4 Å². The summed E-state index contributed by atoms with van der Waals surface area (Å²) < 4.78 is 0. The first-order valence-corrected chi connectivity index (χ1v) is 7.86. The first-order chi connectivity index (χ1) is 10.2. The SMILES string of the molecule is Cc1nnc(NCC2(O)CCCCCC2)c2ccccc12. The number of aromatic nitrogens is 2. The number of aryl methyl sites for hydroxylation is 1. The van der Waals surface area contributed by atoms with Crippen LogP contribution in [0.1, 0.15) is 44.2 Å². The first-order valence-electron chi connectivity index (χ1n) is 7.86. The molecule has 1 fully saturated rings. The van der Waals surface area contributed by atoms with Gasteiger partial charge in [0, 0.05) is 17.3 Å². The number of anilines is 1. The number of aliphatic hydroxyl groups is 1. The van der Waals surface area contributed by atoms with Crippen LogP contribution in [0.15, 0.2) is 24.3 Å². The molecule has 4 nitrogen and oxygen atoms in total. The summed E-state index contributed by atoms with van der Waals surface area (Å²) in [5.41, 5.74) is 0.328. The minimum absolute atomic E-state index is 0.550. The van der Waals surface area contributed by atoms with Gasteiger partial charge in [-0.1, -0.05) is 49.9 Å². The highest BCUT2D eigenvalue weighted by molar-refractivity contribution is 5.92. The zero-order valence-electron chi connectivity index (χ0n) is 12.6. The lowest BCUT2D eigenvalue weighted by molar-refractivity contribution is 0.0381. The van der Waals surface area contributed by atoms with Gasteiger partial charge in [0.05, 0.1) is 11.3 Å². The number of nitrogens with one attached hydrogen (secondary N) is 1. The molecule has 3 rings (SSSR count). The molecule has 1 aliphatic carbocycles. The van der Waals surface area contributed by atoms with Crippen molar-refractivity contribution in [1.82, 2.24) is 10.2 Å². The van der Waals surface area contributed by atoms with E-state index < -0.39 is 5.60 Å². The van der Waals surface area contributed by atoms with E-state index in [0.29, 0.717) is 6.54 Å². The van der Waals surface area contributed by atoms with Crippen molar-refractivity contribution in [3.63, 3.8) is 0 Å². The third kappa shape index (κ3) is 3.16. The molecule has 1 saturated carbocycles. The lowest BCUT2D eigenvalue weighted by Crippen LogP contribution is -2.36. The molecule has 1 heterocycles. The molecule has 2 N–H and O–H groups in total. The molecule has 4 heteroatoms. The number of nitrogens with zero attached hydrogens (tertiary/aromatic N) is 2. The van der Waals surface area contributed by atoms with Crippen LogP contribution in [0.4, 0.5) is 5.82 Å². The van der Waals surface area contributed by atoms with Gasteiger partial charge >= 0.3 is 0 Å². The van der Waals surface area contributed by atoms with Crippen molar-refractivity contribution >= 4 is 16.6 Å². The van der Waals surface area contributed by atoms with E-state index in [1.807, 2.05) is 19.1 Å². The summed E-state index contributed by atoms with van der Waals surface area (Å²) in [4.78, 5) is 0. The fourth-order valence-corrected chi connectivity index (χ4v) is 3.18. The quantitative estimate of drug-likeness (QED) is 0.848. The standard InChI is InChI=1S/C17H23N3O/c1-13-14-8-4-5-9-15(14)16(20-19-13)18-12-17(21)10-6-2-3-7-11-17/h4-5,8-9,21H,2-3,6-7,10-12H2,1H3,(H,18,20). The smallest absolute Gasteiger partial charge is 0.156 e. The van der Waals surface area contributed by atoms with Gasteiger partial charge in [0.2, 0.25) is 0 Å². The minimum atomic E-state index is -0.607. The normalized spacial score (nSPS) is 18.4. The molecule has 1 aromatic heterocycles. The topological polar surface area (TPSA) is 58.0 Å². The van der Waals surface area contributed by atoms with Gasteiger partial charge in [-0.05, 0) is 19.8 Å². The van der Waals surface area contributed by atoms with Crippen molar-refractivity contribution in [3.8, 4) is 0 Å². The van der Waals surface area contributed by atoms with Crippen molar-refractivity contribution in [2.75, 3.05) is 11.9 Å². The summed E-state index contributed by atoms with van der Waals surface area (Å²) in [5.74, 6) is 0.772. The largest absolute Gasteiger partial charge is 0.388 e. The molecule has 0 saturated heterocycles. The average Bonchev–Trinajstić information content (AvgIpc) is 2.72. The second-order valence-electron chi connectivity index (χ2n) is 6.17. The van der Waals surface area contributed by atoms with Crippen molar-refractivity contribution in [2.45, 2.75) is 51.0 Å². The molecule has 0 bridgehead atoms. The molecule has 112 valence electrons. The Labute approximate surface area is 125 Å². The summed E-state index contributed by atoms with van der Waals surface area (Å²) in [6.07, 6.45) is 6.43. The fraction of sp³-hybridized carbons (Fsp3) is 0.529. The summed E-state index contributed by atoms with van der Waals surface area (Å²) in [6.45, 7) is 2.52. The van der Waals surface area contributed by atoms with E-state index in [9.17, 15) is 5.11 Å². The van der Waals surface area contributed by atoms with Gasteiger partial charge in [-0.15, -0.1) is 5.10 Å². The first kappa shape index (κ1) is 14.3. The molecule has 2 aromatic rings. The van der Waals surface area contributed by atoms with Gasteiger partial charge < -0.3 is 10.4 Å². The Morgan fingerprint density at radius 1 is 1.05 bits per heavy atom. The van der Waals surface area contributed by atoms with Crippen LogP contribution in [0, 0.1) is 6.92 Å². The van der Waals surface area contributed by atoms with E-state index >= 15 is 0 Å². The number of benzene rings is 1. The summed E-state index contributed by atoms with van der Waals surface area (Å²) in [5, 5.41) is 24.7. The fourth-order valence-electron chi connectivity index (χ4n) is 3.18. The van der Waals surface area contributed by atoms with Crippen molar-refractivity contribution in [2.24, 2.45) is 0 Å². The minimum Gasteiger partial charge on any atom is -0.388 e. The molecular formula is C17H23N3O. The maximum absolute atomic E-state index is 10.7. The molecule has 21 heavy (non-hydrogen) atoms. The third-order valence-electron chi connectivity index (χ3n) is 4.49. The van der Waals surface area contributed by atoms with Crippen molar-refractivity contribution in [3.05, 3.63) is 30.0 Å². The van der Waals surface area contributed by atoms with Gasteiger partial charge in [-0.25, -0.2) is 0 Å². The Morgan fingerprint density at radius 3 is 2.43 bits per heavy atom. The van der Waals surface area contributed by atoms with Crippen LogP contribution in [0.3, 0.4) is 0 Å². The molecule has 0 unspecified atom stereocenters. The van der Waals surface area contributed by atoms with Crippen LogP contribution in [0.2, 0.25) is 0 Å². The van der Waals surface area contributed by atoms with E-state index in [0.717, 1.165) is 48.0 Å². The number of rotatable bonds is 3. The van der Waals surface area contributed by atoms with Crippen LogP contribution >= 0.6 is 0 Å². The highest BCUT2D eigenvalue weighted by Crippen LogP contribution is 2.28.